The number of carbonyl (C=O) groups is 4. The number of nitrogens with one attached hydrogen (secondary N) is 1. The maximum atomic E-state index is 14.0. The fourth-order valence-corrected chi connectivity index (χ4v) is 9.74. The molecule has 372 valence electrons. The third-order valence-electron chi connectivity index (χ3n) is 12.3. The Balaban J connectivity index is 0.843. The molecule has 0 spiro atoms. The quantitative estimate of drug-likeness (QED) is 0.0574. The van der Waals surface area contributed by atoms with Gasteiger partial charge in [-0.15, -0.1) is 11.3 Å². The molecule has 3 heterocycles. The van der Waals surface area contributed by atoms with Crippen molar-refractivity contribution in [3.63, 3.8) is 0 Å². The second-order valence-electron chi connectivity index (χ2n) is 19.0. The van der Waals surface area contributed by atoms with Gasteiger partial charge in [0.05, 0.1) is 40.0 Å². The molecule has 4 aromatic rings. The molecular weight excluding hydrogens is 932 g/mol. The van der Waals surface area contributed by atoms with Gasteiger partial charge in [-0.05, 0) is 118 Å². The number of unbranched alkanes of at least 4 members (excludes halogenated alkanes) is 2. The summed E-state index contributed by atoms with van der Waals surface area (Å²) >= 11 is 7.20. The van der Waals surface area contributed by atoms with Crippen LogP contribution in [0.3, 0.4) is 0 Å². The third kappa shape index (κ3) is 13.5. The highest BCUT2D eigenvalue weighted by molar-refractivity contribution is 7.81. The Kier molecular flexibility index (Phi) is 17.8. The molecule has 0 saturated carbocycles. The number of ether oxygens (including phenoxy) is 3. The monoisotopic (exact) mass is 993 g/mol. The van der Waals surface area contributed by atoms with Gasteiger partial charge in [0, 0.05) is 57.4 Å². The number of anilines is 2. The van der Waals surface area contributed by atoms with E-state index in [0.29, 0.717) is 44.3 Å². The zero-order valence-electron chi connectivity index (χ0n) is 40.0. The first-order valence-corrected chi connectivity index (χ1v) is 24.5. The summed E-state index contributed by atoms with van der Waals surface area (Å²) < 4.78 is 57.6. The number of β-amino-alcohol motifs (C(OH)–C–C–N with tert-alkyl or cyclic N) is 1. The van der Waals surface area contributed by atoms with E-state index in [-0.39, 0.29) is 60.9 Å². The first kappa shape index (κ1) is 53.1. The van der Waals surface area contributed by atoms with Crippen molar-refractivity contribution in [1.29, 1.82) is 0 Å². The van der Waals surface area contributed by atoms with Crippen molar-refractivity contribution in [3.8, 4) is 16.2 Å². The van der Waals surface area contributed by atoms with Crippen LogP contribution in [0, 0.1) is 18.3 Å². The lowest BCUT2D eigenvalue weighted by molar-refractivity contribution is -0.146. The number of nitrogens with zero attached hydrogens (tertiary/aromatic N) is 4. The molecular formula is C51H62F3N5O8S2. The van der Waals surface area contributed by atoms with Crippen molar-refractivity contribution < 1.29 is 51.7 Å². The maximum Gasteiger partial charge on any atom is 0.416 e. The Bertz CT molecular complexity index is 2420. The van der Waals surface area contributed by atoms with Crippen molar-refractivity contribution in [2.45, 2.75) is 110 Å². The number of alkyl halides is 3. The molecule has 2 aliphatic heterocycles. The first-order valence-electron chi connectivity index (χ1n) is 23.2. The van der Waals surface area contributed by atoms with Gasteiger partial charge in [-0.1, -0.05) is 51.1 Å². The Hall–Kier alpha value is -5.27. The lowest BCUT2D eigenvalue weighted by atomic mass is 9.77. The van der Waals surface area contributed by atoms with E-state index >= 15 is 0 Å². The van der Waals surface area contributed by atoms with Crippen LogP contribution in [-0.2, 0) is 41.4 Å². The number of aryl methyl sites for hydroxylation is 1. The van der Waals surface area contributed by atoms with Crippen LogP contribution in [0.15, 0.2) is 78.3 Å². The van der Waals surface area contributed by atoms with E-state index in [1.54, 1.807) is 54.3 Å². The van der Waals surface area contributed by atoms with E-state index in [9.17, 15) is 37.5 Å². The molecule has 13 nitrogen and oxygen atoms in total. The van der Waals surface area contributed by atoms with Crippen LogP contribution < -0.4 is 19.9 Å². The number of amides is 3. The third-order valence-corrected chi connectivity index (χ3v) is 13.6. The van der Waals surface area contributed by atoms with Crippen LogP contribution in [0.25, 0.3) is 10.4 Å². The van der Waals surface area contributed by atoms with Gasteiger partial charge in [-0.2, -0.15) is 13.2 Å². The minimum absolute atomic E-state index is 0.0153. The van der Waals surface area contributed by atoms with E-state index in [1.165, 1.54) is 17.0 Å². The molecule has 3 aromatic carbocycles. The van der Waals surface area contributed by atoms with Crippen LogP contribution in [-0.4, -0.2) is 101 Å². The number of likely N-dealkylation sites (tertiary alicyclic amines) is 1. The molecule has 18 heteroatoms. The molecule has 69 heavy (non-hydrogen) atoms. The van der Waals surface area contributed by atoms with Crippen molar-refractivity contribution in [2.75, 3.05) is 49.4 Å². The van der Waals surface area contributed by atoms with E-state index in [1.807, 2.05) is 57.5 Å². The Morgan fingerprint density at radius 1 is 0.928 bits per heavy atom. The molecule has 1 aromatic heterocycles. The molecule has 2 saturated heterocycles. The minimum atomic E-state index is -4.57. The van der Waals surface area contributed by atoms with Gasteiger partial charge in [0.15, 0.2) is 10.9 Å². The summed E-state index contributed by atoms with van der Waals surface area (Å²) in [5.74, 6) is -1.45. The summed E-state index contributed by atoms with van der Waals surface area (Å²) in [6, 6.07) is 18.6. The van der Waals surface area contributed by atoms with Gasteiger partial charge in [0.1, 0.15) is 23.9 Å². The van der Waals surface area contributed by atoms with E-state index in [2.05, 4.69) is 10.3 Å². The zero-order valence-corrected chi connectivity index (χ0v) is 41.6. The van der Waals surface area contributed by atoms with Gasteiger partial charge in [-0.25, -0.2) is 4.98 Å². The van der Waals surface area contributed by atoms with Gasteiger partial charge in [0.2, 0.25) is 11.8 Å². The van der Waals surface area contributed by atoms with Gasteiger partial charge < -0.3 is 34.4 Å². The highest BCUT2D eigenvalue weighted by atomic mass is 32.1. The summed E-state index contributed by atoms with van der Waals surface area (Å²) in [6.45, 7) is 12.9. The number of ketones is 1. The van der Waals surface area contributed by atoms with Gasteiger partial charge in [0.25, 0.3) is 5.91 Å². The van der Waals surface area contributed by atoms with Crippen LogP contribution in [0.5, 0.6) is 5.75 Å². The number of hydrogen-bond acceptors (Lipinski definition) is 11. The molecule has 6 rings (SSSR count). The zero-order chi connectivity index (χ0) is 50.1. The van der Waals surface area contributed by atoms with Gasteiger partial charge in [-0.3, -0.25) is 24.1 Å². The maximum absolute atomic E-state index is 14.0. The number of aliphatic hydroxyl groups excluding tert-OH is 1. The molecule has 1 unspecified atom stereocenters. The summed E-state index contributed by atoms with van der Waals surface area (Å²) in [7, 11) is 0. The average molecular weight is 994 g/mol. The lowest BCUT2D eigenvalue weighted by Crippen LogP contribution is -2.50. The summed E-state index contributed by atoms with van der Waals surface area (Å²) in [4.78, 5) is 63.6. The normalized spacial score (nSPS) is 17.7. The summed E-state index contributed by atoms with van der Waals surface area (Å²) in [5.41, 5.74) is 2.76. The van der Waals surface area contributed by atoms with Crippen LogP contribution in [0.4, 0.5) is 24.5 Å². The van der Waals surface area contributed by atoms with E-state index < -0.39 is 46.7 Å². The Morgan fingerprint density at radius 3 is 2.28 bits per heavy atom. The molecule has 0 radical (unpaired) electrons. The van der Waals surface area contributed by atoms with E-state index in [4.69, 9.17) is 26.4 Å². The number of Topliss-reactive ketones (excluding diaryl/α,β-unsaturated/α-hetero) is 1. The molecule has 2 aliphatic rings. The van der Waals surface area contributed by atoms with Crippen molar-refractivity contribution >= 4 is 63.5 Å². The number of carbonyl (C=O) groups excluding carboxylic acids is 4. The fraction of sp³-hybridized carbons (Fsp3) is 0.490. The number of benzene rings is 3. The number of aliphatic hydroxyl groups is 1. The molecule has 3 atom stereocenters. The molecule has 2 fully saturated rings. The average Bonchev–Trinajstić information content (AvgIpc) is 3.97. The molecule has 2 N–H and O–H groups in total. The molecule has 3 amide bonds. The number of hydrogen-bond donors (Lipinski definition) is 2. The number of thiocarbonyl (C=S) groups is 1. The van der Waals surface area contributed by atoms with Crippen molar-refractivity contribution in [2.24, 2.45) is 11.3 Å². The minimum Gasteiger partial charge on any atom is -0.494 e. The van der Waals surface area contributed by atoms with Crippen LogP contribution >= 0.6 is 23.6 Å². The van der Waals surface area contributed by atoms with Crippen LogP contribution in [0.2, 0.25) is 0 Å². The molecule has 0 aliphatic carbocycles. The van der Waals surface area contributed by atoms with E-state index in [0.717, 1.165) is 58.0 Å². The fourth-order valence-electron chi connectivity index (χ4n) is 8.41. The summed E-state index contributed by atoms with van der Waals surface area (Å²) in [5, 5.41) is 13.6. The standard InChI is InChI=1S/C51H62F3N5O8S2/c1-33-44(69-32-56-33)35-16-14-34(15-17-35)29-55-45(62)43-28-39(60)30-57(43)46(63)42(49(2,3)4)27-40(61)31-66-24-11-23-65-22-8-7-9-25-67-41-20-18-37(19-21-41)59-48(68)58(47(64)50(59,5)6)38-13-10-12-36(26-38)51(52,53)54/h10,12-21,26,32,39,42-43,60H,7-9,11,22-25,27-31H2,1-6H3,(H,55,62)/t39?,42-,43+/m1/s1. The Labute approximate surface area is 411 Å². The number of rotatable bonds is 22. The Morgan fingerprint density at radius 2 is 1.61 bits per heavy atom. The number of aromatic nitrogens is 1. The van der Waals surface area contributed by atoms with Gasteiger partial charge >= 0.3 is 6.18 Å². The van der Waals surface area contributed by atoms with Crippen LogP contribution in [0.1, 0.15) is 90.0 Å². The first-order chi connectivity index (χ1) is 32.7. The highest BCUT2D eigenvalue weighted by Gasteiger charge is 2.51. The second-order valence-corrected chi connectivity index (χ2v) is 20.2. The van der Waals surface area contributed by atoms with Crippen molar-refractivity contribution in [1.82, 2.24) is 15.2 Å². The number of thiazole rings is 1. The second kappa shape index (κ2) is 23.1. The predicted molar refractivity (Wildman–Crippen MR) is 263 cm³/mol. The molecule has 0 bridgehead atoms. The smallest absolute Gasteiger partial charge is 0.416 e. The lowest BCUT2D eigenvalue weighted by Gasteiger charge is -2.34. The largest absolute Gasteiger partial charge is 0.494 e. The summed E-state index contributed by atoms with van der Waals surface area (Å²) in [6.07, 6.45) is -2.30. The van der Waals surface area contributed by atoms with Crippen molar-refractivity contribution in [3.05, 3.63) is 95.1 Å². The topological polar surface area (TPSA) is 151 Å². The predicted octanol–water partition coefficient (Wildman–Crippen LogP) is 8.93. The highest BCUT2D eigenvalue weighted by Crippen LogP contribution is 2.39. The SMILES string of the molecule is Cc1ncsc1-c1ccc(CNC(=O)[C@@H]2CC(O)CN2C(=O)[C@@H](CC(=O)COCCCOCCCCCOc2ccc(N3C(=S)N(c4cccc(C(F)(F)F)c4)C(=O)C3(C)C)cc2)C(C)(C)C)cc1. The number of halogens is 3.